The van der Waals surface area contributed by atoms with Crippen LogP contribution in [0.4, 0.5) is 5.69 Å². The molecule has 8 nitrogen and oxygen atoms in total. The molecule has 1 aromatic carbocycles. The number of nitro benzene ring substituents is 1. The number of furan rings is 1. The van der Waals surface area contributed by atoms with Crippen molar-refractivity contribution >= 4 is 17.6 Å². The summed E-state index contributed by atoms with van der Waals surface area (Å²) in [5.41, 5.74) is 0.154. The molecule has 0 spiro atoms. The quantitative estimate of drug-likeness (QED) is 0.622. The number of rotatable bonds is 5. The van der Waals surface area contributed by atoms with E-state index in [2.05, 4.69) is 5.32 Å². The maximum absolute atomic E-state index is 12.3. The minimum atomic E-state index is -1.11. The van der Waals surface area contributed by atoms with E-state index in [9.17, 15) is 19.7 Å². The highest BCUT2D eigenvalue weighted by atomic mass is 16.6. The van der Waals surface area contributed by atoms with E-state index >= 15 is 0 Å². The Morgan fingerprint density at radius 2 is 1.92 bits per heavy atom. The second-order valence-corrected chi connectivity index (χ2v) is 6.91. The van der Waals surface area contributed by atoms with Crippen LogP contribution >= 0.6 is 0 Å². The number of nitrogens with zero attached hydrogens (tertiary/aromatic N) is 1. The Labute approximate surface area is 150 Å². The van der Waals surface area contributed by atoms with Gasteiger partial charge in [0.2, 0.25) is 0 Å². The molecule has 0 saturated carbocycles. The number of carbonyl (C=O) groups excluding carboxylic acids is 1. The number of hydrogen-bond acceptors (Lipinski definition) is 5. The minimum absolute atomic E-state index is 0.0260. The Kier molecular flexibility index (Phi) is 5.15. The Morgan fingerprint density at radius 1 is 1.27 bits per heavy atom. The number of benzene rings is 1. The number of amides is 1. The van der Waals surface area contributed by atoms with Crippen molar-refractivity contribution in [3.63, 3.8) is 0 Å². The van der Waals surface area contributed by atoms with Crippen molar-refractivity contribution < 1.29 is 24.0 Å². The summed E-state index contributed by atoms with van der Waals surface area (Å²) in [7, 11) is 0. The number of aryl methyl sites for hydroxylation is 1. The van der Waals surface area contributed by atoms with Crippen molar-refractivity contribution in [2.75, 3.05) is 0 Å². The molecule has 1 heterocycles. The number of hydrogen-bond donors (Lipinski definition) is 2. The van der Waals surface area contributed by atoms with Gasteiger partial charge in [0.1, 0.15) is 17.1 Å². The Balaban J connectivity index is 2.20. The molecule has 2 aromatic rings. The first-order valence-electron chi connectivity index (χ1n) is 7.90. The number of carboxylic acid groups (broad SMARTS) is 1. The first-order chi connectivity index (χ1) is 12.0. The first-order valence-corrected chi connectivity index (χ1v) is 7.90. The first kappa shape index (κ1) is 19.2. The van der Waals surface area contributed by atoms with Gasteiger partial charge < -0.3 is 14.8 Å². The van der Waals surface area contributed by atoms with Crippen LogP contribution in [0.15, 0.2) is 28.7 Å². The molecule has 2 N–H and O–H groups in total. The van der Waals surface area contributed by atoms with Crippen molar-refractivity contribution in [2.24, 2.45) is 0 Å². The molecule has 0 fully saturated rings. The molecule has 26 heavy (non-hydrogen) atoms. The Morgan fingerprint density at radius 3 is 2.42 bits per heavy atom. The van der Waals surface area contributed by atoms with Crippen LogP contribution in [0.5, 0.6) is 0 Å². The minimum Gasteiger partial charge on any atom is -0.478 e. The molecule has 0 aliphatic heterocycles. The third-order valence-corrected chi connectivity index (χ3v) is 3.89. The van der Waals surface area contributed by atoms with E-state index in [-0.39, 0.29) is 34.9 Å². The van der Waals surface area contributed by atoms with Crippen molar-refractivity contribution in [3.05, 3.63) is 62.6 Å². The molecule has 0 unspecified atom stereocenters. The predicted molar refractivity (Wildman–Crippen MR) is 93.4 cm³/mol. The Bertz CT molecular complexity index is 876. The molecule has 0 bridgehead atoms. The fourth-order valence-electron chi connectivity index (χ4n) is 2.57. The molecule has 0 radical (unpaired) electrons. The van der Waals surface area contributed by atoms with Crippen molar-refractivity contribution in [3.8, 4) is 0 Å². The molecule has 2 rings (SSSR count). The summed E-state index contributed by atoms with van der Waals surface area (Å²) in [6.45, 7) is 7.06. The second kappa shape index (κ2) is 6.99. The van der Waals surface area contributed by atoms with Gasteiger partial charge in [-0.2, -0.15) is 0 Å². The van der Waals surface area contributed by atoms with Crippen LogP contribution in [0.25, 0.3) is 0 Å². The summed E-state index contributed by atoms with van der Waals surface area (Å²) in [6.07, 6.45) is 0. The Hall–Kier alpha value is -3.16. The normalized spacial score (nSPS) is 11.2. The average Bonchev–Trinajstić information content (AvgIpc) is 2.92. The molecule has 1 amide bonds. The van der Waals surface area contributed by atoms with Crippen molar-refractivity contribution in [2.45, 2.75) is 39.7 Å². The van der Waals surface area contributed by atoms with Crippen LogP contribution in [-0.4, -0.2) is 21.9 Å². The third-order valence-electron chi connectivity index (χ3n) is 3.89. The lowest BCUT2D eigenvalue weighted by Crippen LogP contribution is -2.23. The lowest BCUT2D eigenvalue weighted by atomic mass is 9.85. The summed E-state index contributed by atoms with van der Waals surface area (Å²) in [5, 5.41) is 22.9. The molecule has 1 aromatic heterocycles. The highest BCUT2D eigenvalue weighted by Crippen LogP contribution is 2.31. The lowest BCUT2D eigenvalue weighted by molar-refractivity contribution is -0.386. The molecule has 8 heteroatoms. The van der Waals surface area contributed by atoms with E-state index in [1.54, 1.807) is 6.07 Å². The zero-order chi connectivity index (χ0) is 19.6. The molecule has 138 valence electrons. The summed E-state index contributed by atoms with van der Waals surface area (Å²) in [4.78, 5) is 34.1. The standard InChI is InChI=1S/C18H20N2O6/c1-10-13(17(22)23)8-12(26-10)9-19-16(21)11-5-6-14(18(2,3)4)15(7-11)20(24)25/h5-8H,9H2,1-4H3,(H,19,21)(H,22,23). The van der Waals surface area contributed by atoms with Crippen LogP contribution in [0.3, 0.4) is 0 Å². The van der Waals surface area contributed by atoms with E-state index in [0.717, 1.165) is 0 Å². The second-order valence-electron chi connectivity index (χ2n) is 6.91. The largest absolute Gasteiger partial charge is 0.478 e. The van der Waals surface area contributed by atoms with E-state index in [1.165, 1.54) is 25.1 Å². The van der Waals surface area contributed by atoms with Crippen molar-refractivity contribution in [1.29, 1.82) is 0 Å². The van der Waals surface area contributed by atoms with E-state index in [4.69, 9.17) is 9.52 Å². The maximum atomic E-state index is 12.3. The fourth-order valence-corrected chi connectivity index (χ4v) is 2.57. The molecule has 0 aliphatic carbocycles. The van der Waals surface area contributed by atoms with Crippen LogP contribution in [0, 0.1) is 17.0 Å². The SMILES string of the molecule is Cc1oc(CNC(=O)c2ccc(C(C)(C)C)c([N+](=O)[O-])c2)cc1C(=O)O. The number of nitro groups is 1. The molecular weight excluding hydrogens is 340 g/mol. The van der Waals surface area contributed by atoms with Gasteiger partial charge in [-0.15, -0.1) is 0 Å². The fraction of sp³-hybridized carbons (Fsp3) is 0.333. The predicted octanol–water partition coefficient (Wildman–Crippen LogP) is 3.42. The lowest BCUT2D eigenvalue weighted by Gasteiger charge is -2.19. The average molecular weight is 360 g/mol. The van der Waals surface area contributed by atoms with Crippen molar-refractivity contribution in [1.82, 2.24) is 5.32 Å². The topological polar surface area (TPSA) is 123 Å². The smallest absolute Gasteiger partial charge is 0.339 e. The molecule has 0 saturated heterocycles. The highest BCUT2D eigenvalue weighted by molar-refractivity contribution is 5.95. The van der Waals surface area contributed by atoms with Crippen LogP contribution in [0.1, 0.15) is 58.6 Å². The summed E-state index contributed by atoms with van der Waals surface area (Å²) in [6, 6.07) is 5.68. The molecule has 0 aliphatic rings. The van der Waals surface area contributed by atoms with Gasteiger partial charge in [-0.1, -0.05) is 26.8 Å². The molecule has 0 atom stereocenters. The van der Waals surface area contributed by atoms with Gasteiger partial charge in [-0.3, -0.25) is 14.9 Å². The summed E-state index contributed by atoms with van der Waals surface area (Å²) < 4.78 is 5.28. The monoisotopic (exact) mass is 360 g/mol. The van der Waals surface area contributed by atoms with Gasteiger partial charge >= 0.3 is 5.97 Å². The maximum Gasteiger partial charge on any atom is 0.339 e. The molecular formula is C18H20N2O6. The number of nitrogens with one attached hydrogen (secondary N) is 1. The van der Waals surface area contributed by atoms with Gasteiger partial charge in [0.05, 0.1) is 11.5 Å². The van der Waals surface area contributed by atoms with Crippen LogP contribution in [-0.2, 0) is 12.0 Å². The zero-order valence-corrected chi connectivity index (χ0v) is 15.0. The van der Waals surface area contributed by atoms with Gasteiger partial charge in [-0.25, -0.2) is 4.79 Å². The summed E-state index contributed by atoms with van der Waals surface area (Å²) >= 11 is 0. The van der Waals surface area contributed by atoms with Crippen LogP contribution in [0.2, 0.25) is 0 Å². The van der Waals surface area contributed by atoms with Gasteiger partial charge in [0.25, 0.3) is 11.6 Å². The van der Waals surface area contributed by atoms with E-state index < -0.39 is 22.2 Å². The highest BCUT2D eigenvalue weighted by Gasteiger charge is 2.26. The van der Waals surface area contributed by atoms with Crippen LogP contribution < -0.4 is 5.32 Å². The van der Waals surface area contributed by atoms with Gasteiger partial charge in [-0.05, 0) is 24.5 Å². The number of carboxylic acids is 1. The van der Waals surface area contributed by atoms with Gasteiger partial charge in [0.15, 0.2) is 0 Å². The number of aromatic carboxylic acids is 1. The summed E-state index contributed by atoms with van der Waals surface area (Å²) in [5.74, 6) is -1.10. The third kappa shape index (κ3) is 4.08. The van der Waals surface area contributed by atoms with E-state index in [1.807, 2.05) is 20.8 Å². The van der Waals surface area contributed by atoms with Gasteiger partial charge in [0, 0.05) is 17.2 Å². The zero-order valence-electron chi connectivity index (χ0n) is 15.0. The number of carbonyl (C=O) groups is 2. The van der Waals surface area contributed by atoms with E-state index in [0.29, 0.717) is 5.56 Å².